The van der Waals surface area contributed by atoms with Crippen molar-refractivity contribution in [2.24, 2.45) is 4.99 Å². The van der Waals surface area contributed by atoms with E-state index in [1.165, 1.54) is 24.4 Å². The summed E-state index contributed by atoms with van der Waals surface area (Å²) >= 11 is 4.62. The quantitative estimate of drug-likeness (QED) is 0.672. The molecule has 0 unspecified atom stereocenters. The van der Waals surface area contributed by atoms with Crippen molar-refractivity contribution in [2.45, 2.75) is 13.8 Å². The first kappa shape index (κ1) is 19.5. The molecule has 1 aliphatic heterocycles. The molecule has 2 aromatic carbocycles. The van der Waals surface area contributed by atoms with Gasteiger partial charge in [-0.1, -0.05) is 6.07 Å². The number of carbonyl (C=O) groups excluding carboxylic acids is 1. The SMILES string of the molecule is COc1cc(C=C2SC(=Nc3ccc(C)c(C)c3)N(C)C2=O)cc(Br)c1O. The van der Waals surface area contributed by atoms with Gasteiger partial charge in [0.1, 0.15) is 0 Å². The molecule has 2 aromatic rings. The van der Waals surface area contributed by atoms with Crippen LogP contribution in [0.4, 0.5) is 5.69 Å². The van der Waals surface area contributed by atoms with Gasteiger partial charge in [-0.25, -0.2) is 4.99 Å². The number of phenolic OH excluding ortho intramolecular Hbond substituents is 1. The molecule has 1 aliphatic rings. The summed E-state index contributed by atoms with van der Waals surface area (Å²) in [6, 6.07) is 9.38. The average Bonchev–Trinajstić information content (AvgIpc) is 2.89. The maximum Gasteiger partial charge on any atom is 0.266 e. The van der Waals surface area contributed by atoms with Gasteiger partial charge in [-0.15, -0.1) is 0 Å². The van der Waals surface area contributed by atoms with E-state index < -0.39 is 0 Å². The number of ether oxygens (including phenoxy) is 1. The van der Waals surface area contributed by atoms with Crippen molar-refractivity contribution >= 4 is 50.5 Å². The number of rotatable bonds is 3. The minimum absolute atomic E-state index is 0.0270. The summed E-state index contributed by atoms with van der Waals surface area (Å²) in [5.41, 5.74) is 3.92. The number of methoxy groups -OCH3 is 1. The topological polar surface area (TPSA) is 62.1 Å². The second-order valence-electron chi connectivity index (χ2n) is 6.19. The lowest BCUT2D eigenvalue weighted by molar-refractivity contribution is -0.121. The summed E-state index contributed by atoms with van der Waals surface area (Å²) in [6.45, 7) is 4.09. The van der Waals surface area contributed by atoms with Crippen LogP contribution in [0.2, 0.25) is 0 Å². The van der Waals surface area contributed by atoms with Gasteiger partial charge in [-0.2, -0.15) is 0 Å². The molecule has 140 valence electrons. The molecule has 0 spiro atoms. The molecule has 3 rings (SSSR count). The van der Waals surface area contributed by atoms with Gasteiger partial charge in [-0.3, -0.25) is 9.69 Å². The first-order valence-electron chi connectivity index (χ1n) is 8.20. The lowest BCUT2D eigenvalue weighted by atomic mass is 10.1. The molecule has 0 atom stereocenters. The Balaban J connectivity index is 1.94. The van der Waals surface area contributed by atoms with Crippen molar-refractivity contribution in [1.29, 1.82) is 0 Å². The molecule has 0 aromatic heterocycles. The van der Waals surface area contributed by atoms with Crippen molar-refractivity contribution in [3.63, 3.8) is 0 Å². The summed E-state index contributed by atoms with van der Waals surface area (Å²) < 4.78 is 5.67. The third-order valence-corrected chi connectivity index (χ3v) is 5.95. The number of carbonyl (C=O) groups is 1. The lowest BCUT2D eigenvalue weighted by Gasteiger charge is -2.08. The Kier molecular flexibility index (Phi) is 5.62. The molecule has 5 nitrogen and oxygen atoms in total. The number of hydrogen-bond acceptors (Lipinski definition) is 5. The molecule has 27 heavy (non-hydrogen) atoms. The fraction of sp³-hybridized carbons (Fsp3) is 0.200. The van der Waals surface area contributed by atoms with Gasteiger partial charge in [0.2, 0.25) is 0 Å². The molecule has 0 radical (unpaired) electrons. The molecule has 0 bridgehead atoms. The van der Waals surface area contributed by atoms with Gasteiger partial charge in [0.25, 0.3) is 5.91 Å². The monoisotopic (exact) mass is 446 g/mol. The van der Waals surface area contributed by atoms with Crippen LogP contribution in [-0.2, 0) is 4.79 Å². The van der Waals surface area contributed by atoms with Crippen LogP contribution in [-0.4, -0.2) is 35.2 Å². The Morgan fingerprint density at radius 3 is 2.63 bits per heavy atom. The Morgan fingerprint density at radius 2 is 1.96 bits per heavy atom. The number of aromatic hydroxyl groups is 1. The van der Waals surface area contributed by atoms with Gasteiger partial charge >= 0.3 is 0 Å². The van der Waals surface area contributed by atoms with Crippen LogP contribution in [0.1, 0.15) is 16.7 Å². The number of amidine groups is 1. The fourth-order valence-electron chi connectivity index (χ4n) is 2.54. The van der Waals surface area contributed by atoms with E-state index in [1.807, 2.05) is 25.1 Å². The maximum absolute atomic E-state index is 12.6. The van der Waals surface area contributed by atoms with Crippen molar-refractivity contribution in [2.75, 3.05) is 14.2 Å². The Bertz CT molecular complexity index is 985. The number of aryl methyl sites for hydroxylation is 2. The number of hydrogen-bond donors (Lipinski definition) is 1. The van der Waals surface area contributed by atoms with E-state index in [0.29, 0.717) is 20.3 Å². The predicted molar refractivity (Wildman–Crippen MR) is 114 cm³/mol. The zero-order valence-corrected chi connectivity index (χ0v) is 17.8. The number of likely N-dealkylation sites (N-methyl/N-ethyl adjacent to an activating group) is 1. The molecule has 1 saturated heterocycles. The number of thioether (sulfide) groups is 1. The molecule has 7 heteroatoms. The highest BCUT2D eigenvalue weighted by atomic mass is 79.9. The highest BCUT2D eigenvalue weighted by molar-refractivity contribution is 9.10. The van der Waals surface area contributed by atoms with Crippen LogP contribution >= 0.6 is 27.7 Å². The molecule has 1 N–H and O–H groups in total. The van der Waals surface area contributed by atoms with Crippen molar-refractivity contribution < 1.29 is 14.6 Å². The zero-order chi connectivity index (χ0) is 19.7. The summed E-state index contributed by atoms with van der Waals surface area (Å²) in [6.07, 6.45) is 1.76. The van der Waals surface area contributed by atoms with Crippen molar-refractivity contribution in [3.05, 3.63) is 56.4 Å². The van der Waals surface area contributed by atoms with Gasteiger partial charge in [-0.05, 0) is 88.6 Å². The predicted octanol–water partition coefficient (Wildman–Crippen LogP) is 5.01. The van der Waals surface area contributed by atoms with Crippen molar-refractivity contribution in [3.8, 4) is 11.5 Å². The number of benzene rings is 2. The first-order valence-corrected chi connectivity index (χ1v) is 9.81. The zero-order valence-electron chi connectivity index (χ0n) is 15.4. The Labute approximate surface area is 170 Å². The molecule has 1 amide bonds. The van der Waals surface area contributed by atoms with Crippen LogP contribution in [0.5, 0.6) is 11.5 Å². The molecule has 0 aliphatic carbocycles. The largest absolute Gasteiger partial charge is 0.503 e. The van der Waals surface area contributed by atoms with E-state index in [9.17, 15) is 9.90 Å². The van der Waals surface area contributed by atoms with E-state index in [-0.39, 0.29) is 11.7 Å². The van der Waals surface area contributed by atoms with Crippen molar-refractivity contribution in [1.82, 2.24) is 4.90 Å². The fourth-order valence-corrected chi connectivity index (χ4v) is 3.99. The normalized spacial score (nSPS) is 17.2. The average molecular weight is 447 g/mol. The maximum atomic E-state index is 12.6. The van der Waals surface area contributed by atoms with Crippen LogP contribution < -0.4 is 4.74 Å². The number of halogens is 1. The van der Waals surface area contributed by atoms with Gasteiger partial charge in [0.15, 0.2) is 16.7 Å². The Hall–Kier alpha value is -2.25. The first-order chi connectivity index (χ1) is 12.8. The summed E-state index contributed by atoms with van der Waals surface area (Å²) in [4.78, 5) is 19.3. The van der Waals surface area contributed by atoms with E-state index in [1.54, 1.807) is 30.2 Å². The number of amides is 1. The lowest BCUT2D eigenvalue weighted by Crippen LogP contribution is -2.23. The van der Waals surface area contributed by atoms with E-state index in [4.69, 9.17) is 4.74 Å². The van der Waals surface area contributed by atoms with Crippen LogP contribution in [0.25, 0.3) is 6.08 Å². The van der Waals surface area contributed by atoms with Gasteiger partial charge in [0.05, 0.1) is 22.2 Å². The summed E-state index contributed by atoms with van der Waals surface area (Å²) in [5.74, 6) is 0.244. The molecular weight excluding hydrogens is 428 g/mol. The second-order valence-corrected chi connectivity index (χ2v) is 8.05. The molecule has 1 fully saturated rings. The summed E-state index contributed by atoms with van der Waals surface area (Å²) in [5, 5.41) is 10.6. The van der Waals surface area contributed by atoms with Crippen LogP contribution in [0.15, 0.2) is 44.7 Å². The minimum atomic E-state index is -0.120. The third kappa shape index (κ3) is 4.04. The standard InChI is InChI=1S/C20H19BrN2O3S/c1-11-5-6-14(7-12(11)2)22-20-23(3)19(25)17(27-20)10-13-8-15(21)18(24)16(9-13)26-4/h5-10,24H,1-4H3. The molecule has 1 heterocycles. The Morgan fingerprint density at radius 1 is 1.22 bits per heavy atom. The highest BCUT2D eigenvalue weighted by Gasteiger charge is 2.30. The number of phenols is 1. The summed E-state index contributed by atoms with van der Waals surface area (Å²) in [7, 11) is 3.19. The molecule has 0 saturated carbocycles. The molecular formula is C20H19BrN2O3S. The minimum Gasteiger partial charge on any atom is -0.503 e. The third-order valence-electron chi connectivity index (χ3n) is 4.29. The van der Waals surface area contributed by atoms with Gasteiger partial charge < -0.3 is 9.84 Å². The number of aliphatic imine (C=N–C) groups is 1. The van der Waals surface area contributed by atoms with Crippen LogP contribution in [0, 0.1) is 13.8 Å². The highest BCUT2D eigenvalue weighted by Crippen LogP contribution is 2.38. The second kappa shape index (κ2) is 7.78. The van der Waals surface area contributed by atoms with Gasteiger partial charge in [0, 0.05) is 7.05 Å². The van der Waals surface area contributed by atoms with E-state index in [0.717, 1.165) is 16.8 Å². The van der Waals surface area contributed by atoms with E-state index in [2.05, 4.69) is 27.8 Å². The van der Waals surface area contributed by atoms with Crippen LogP contribution in [0.3, 0.4) is 0 Å². The van der Waals surface area contributed by atoms with E-state index >= 15 is 0 Å². The number of nitrogens with zero attached hydrogens (tertiary/aromatic N) is 2. The smallest absolute Gasteiger partial charge is 0.266 e.